The maximum absolute atomic E-state index is 9.53. The monoisotopic (exact) mass is 302 g/mol. The molecular formula is C14H16Cl2O3. The summed E-state index contributed by atoms with van der Waals surface area (Å²) in [4.78, 5) is 0. The second-order valence-corrected chi connectivity index (χ2v) is 5.94. The van der Waals surface area contributed by atoms with Gasteiger partial charge in [-0.05, 0) is 25.0 Å². The molecular weight excluding hydrogens is 287 g/mol. The fraction of sp³-hybridized carbons (Fsp3) is 0.571. The third kappa shape index (κ3) is 2.39. The molecule has 104 valence electrons. The normalized spacial score (nSPS) is 29.2. The number of halogens is 2. The van der Waals surface area contributed by atoms with E-state index >= 15 is 0 Å². The lowest BCUT2D eigenvalue weighted by molar-refractivity contribution is -0.172. The predicted octanol–water partition coefficient (Wildman–Crippen LogP) is 3.71. The molecule has 2 fully saturated rings. The van der Waals surface area contributed by atoms with Crippen molar-refractivity contribution in [2.24, 2.45) is 0 Å². The number of hydrogen-bond acceptors (Lipinski definition) is 3. The summed E-state index contributed by atoms with van der Waals surface area (Å²) in [7, 11) is 0. The fourth-order valence-electron chi connectivity index (χ4n) is 2.98. The molecule has 3 nitrogen and oxygen atoms in total. The minimum absolute atomic E-state index is 0.103. The van der Waals surface area contributed by atoms with Crippen LogP contribution in [0.1, 0.15) is 37.4 Å². The number of hydrogen-bond donors (Lipinski definition) is 1. The maximum atomic E-state index is 9.53. The van der Waals surface area contributed by atoms with Crippen molar-refractivity contribution in [1.29, 1.82) is 0 Å². The van der Waals surface area contributed by atoms with Gasteiger partial charge in [-0.25, -0.2) is 0 Å². The van der Waals surface area contributed by atoms with Gasteiger partial charge in [0.05, 0.1) is 6.61 Å². The zero-order valence-electron chi connectivity index (χ0n) is 10.4. The quantitative estimate of drug-likeness (QED) is 0.905. The van der Waals surface area contributed by atoms with Gasteiger partial charge in [0.25, 0.3) is 0 Å². The number of ether oxygens (including phenoxy) is 2. The number of rotatable bonds is 2. The van der Waals surface area contributed by atoms with Crippen molar-refractivity contribution < 1.29 is 14.6 Å². The van der Waals surface area contributed by atoms with Crippen LogP contribution in [0.15, 0.2) is 18.2 Å². The van der Waals surface area contributed by atoms with Crippen molar-refractivity contribution in [3.63, 3.8) is 0 Å². The van der Waals surface area contributed by atoms with E-state index in [1.54, 1.807) is 18.2 Å². The zero-order chi connectivity index (χ0) is 13.5. The summed E-state index contributed by atoms with van der Waals surface area (Å²) < 4.78 is 12.1. The van der Waals surface area contributed by atoms with Crippen LogP contribution in [0.4, 0.5) is 0 Å². The van der Waals surface area contributed by atoms with Crippen molar-refractivity contribution >= 4 is 23.2 Å². The third-order valence-corrected chi connectivity index (χ3v) is 4.53. The topological polar surface area (TPSA) is 38.7 Å². The number of aliphatic hydroxyl groups is 1. The van der Waals surface area contributed by atoms with Crippen molar-refractivity contribution in [3.8, 4) is 0 Å². The molecule has 1 aromatic rings. The Labute approximate surface area is 122 Å². The van der Waals surface area contributed by atoms with Crippen molar-refractivity contribution in [1.82, 2.24) is 0 Å². The average Bonchev–Trinajstić information content (AvgIpc) is 2.98. The summed E-state index contributed by atoms with van der Waals surface area (Å²) in [5.41, 5.74) is 0.716. The highest BCUT2D eigenvalue weighted by atomic mass is 35.5. The Bertz CT molecular complexity index is 452. The van der Waals surface area contributed by atoms with Crippen LogP contribution < -0.4 is 0 Å². The van der Waals surface area contributed by atoms with Gasteiger partial charge in [0.1, 0.15) is 12.2 Å². The van der Waals surface area contributed by atoms with Crippen LogP contribution in [-0.2, 0) is 9.47 Å². The fourth-order valence-corrected chi connectivity index (χ4v) is 3.59. The lowest BCUT2D eigenvalue weighted by Gasteiger charge is -2.22. The van der Waals surface area contributed by atoms with Crippen LogP contribution in [0, 0.1) is 0 Å². The largest absolute Gasteiger partial charge is 0.394 e. The van der Waals surface area contributed by atoms with E-state index < -0.39 is 18.0 Å². The SMILES string of the molecule is OCC1OC2(CCCC2)O[C@@H]1c1c(Cl)cccc1Cl. The van der Waals surface area contributed by atoms with E-state index in [2.05, 4.69) is 0 Å². The summed E-state index contributed by atoms with van der Waals surface area (Å²) in [5.74, 6) is -0.555. The second kappa shape index (κ2) is 5.23. The Hall–Kier alpha value is -0.320. The number of aliphatic hydroxyl groups excluding tert-OH is 1. The first-order valence-electron chi connectivity index (χ1n) is 6.56. The van der Waals surface area contributed by atoms with Crippen LogP contribution >= 0.6 is 23.2 Å². The first kappa shape index (κ1) is 13.7. The van der Waals surface area contributed by atoms with E-state index in [-0.39, 0.29) is 6.61 Å². The minimum atomic E-state index is -0.555. The Morgan fingerprint density at radius 3 is 2.37 bits per heavy atom. The smallest absolute Gasteiger partial charge is 0.169 e. The van der Waals surface area contributed by atoms with E-state index in [1.807, 2.05) is 0 Å². The molecule has 0 bridgehead atoms. The van der Waals surface area contributed by atoms with Gasteiger partial charge >= 0.3 is 0 Å². The van der Waals surface area contributed by atoms with Crippen LogP contribution in [0.2, 0.25) is 10.0 Å². The molecule has 19 heavy (non-hydrogen) atoms. The van der Waals surface area contributed by atoms with Crippen molar-refractivity contribution in [3.05, 3.63) is 33.8 Å². The van der Waals surface area contributed by atoms with Gasteiger partial charge < -0.3 is 14.6 Å². The molecule has 1 aliphatic heterocycles. The Morgan fingerprint density at radius 1 is 1.16 bits per heavy atom. The Balaban J connectivity index is 1.95. The molecule has 1 saturated heterocycles. The van der Waals surface area contributed by atoms with E-state index in [1.165, 1.54) is 0 Å². The molecule has 5 heteroatoms. The summed E-state index contributed by atoms with van der Waals surface area (Å²) >= 11 is 12.5. The van der Waals surface area contributed by atoms with Crippen LogP contribution in [-0.4, -0.2) is 23.6 Å². The van der Waals surface area contributed by atoms with Crippen molar-refractivity contribution in [2.75, 3.05) is 6.61 Å². The van der Waals surface area contributed by atoms with Crippen LogP contribution in [0.25, 0.3) is 0 Å². The van der Waals surface area contributed by atoms with E-state index in [4.69, 9.17) is 32.7 Å². The summed E-state index contributed by atoms with van der Waals surface area (Å²) in [5, 5.41) is 10.6. The van der Waals surface area contributed by atoms with E-state index in [9.17, 15) is 5.11 Å². The third-order valence-electron chi connectivity index (χ3n) is 3.88. The first-order valence-corrected chi connectivity index (χ1v) is 7.31. The highest BCUT2D eigenvalue weighted by Gasteiger charge is 2.50. The second-order valence-electron chi connectivity index (χ2n) is 5.13. The molecule has 0 radical (unpaired) electrons. The average molecular weight is 303 g/mol. The Morgan fingerprint density at radius 2 is 1.79 bits per heavy atom. The maximum Gasteiger partial charge on any atom is 0.169 e. The van der Waals surface area contributed by atoms with Gasteiger partial charge in [-0.1, -0.05) is 29.3 Å². The van der Waals surface area contributed by atoms with Gasteiger partial charge in [-0.15, -0.1) is 0 Å². The van der Waals surface area contributed by atoms with Crippen LogP contribution in [0.5, 0.6) is 0 Å². The molecule has 1 unspecified atom stereocenters. The van der Waals surface area contributed by atoms with Gasteiger partial charge in [-0.2, -0.15) is 0 Å². The molecule has 1 N–H and O–H groups in total. The van der Waals surface area contributed by atoms with E-state index in [0.717, 1.165) is 25.7 Å². The highest BCUT2D eigenvalue weighted by molar-refractivity contribution is 6.36. The summed E-state index contributed by atoms with van der Waals surface area (Å²) in [6.45, 7) is -0.103. The standard InChI is InChI=1S/C14H16Cl2O3/c15-9-4-3-5-10(16)12(9)13-11(8-17)18-14(19-13)6-1-2-7-14/h3-5,11,13,17H,1-2,6-8H2/t11?,13-/m0/s1. The molecule has 2 atom stereocenters. The molecule has 3 rings (SSSR count). The zero-order valence-corrected chi connectivity index (χ0v) is 12.0. The van der Waals surface area contributed by atoms with Gasteiger partial charge in [-0.3, -0.25) is 0 Å². The molecule has 0 amide bonds. The molecule has 2 aliphatic rings. The predicted molar refractivity (Wildman–Crippen MR) is 73.4 cm³/mol. The summed E-state index contributed by atoms with van der Waals surface area (Å²) in [6, 6.07) is 5.35. The lowest BCUT2D eigenvalue weighted by atomic mass is 10.0. The molecule has 1 spiro atoms. The van der Waals surface area contributed by atoms with Gasteiger partial charge in [0.2, 0.25) is 0 Å². The summed E-state index contributed by atoms with van der Waals surface area (Å²) in [6.07, 6.45) is 3.09. The molecule has 1 heterocycles. The van der Waals surface area contributed by atoms with Crippen LogP contribution in [0.3, 0.4) is 0 Å². The minimum Gasteiger partial charge on any atom is -0.394 e. The molecule has 0 aromatic heterocycles. The molecule has 1 aromatic carbocycles. The van der Waals surface area contributed by atoms with Crippen molar-refractivity contribution in [2.45, 2.75) is 43.7 Å². The number of benzene rings is 1. The first-order chi connectivity index (χ1) is 9.15. The molecule has 1 saturated carbocycles. The highest BCUT2D eigenvalue weighted by Crippen LogP contribution is 2.49. The molecule has 1 aliphatic carbocycles. The lowest BCUT2D eigenvalue weighted by Crippen LogP contribution is -2.27. The van der Waals surface area contributed by atoms with Gasteiger partial charge in [0, 0.05) is 28.5 Å². The Kier molecular flexibility index (Phi) is 3.76. The van der Waals surface area contributed by atoms with E-state index in [0.29, 0.717) is 15.6 Å². The van der Waals surface area contributed by atoms with Gasteiger partial charge in [0.15, 0.2) is 5.79 Å².